The monoisotopic (exact) mass is 404 g/mol. The number of phenols is 1. The summed E-state index contributed by atoms with van der Waals surface area (Å²) in [7, 11) is 1.52. The third-order valence-corrected chi connectivity index (χ3v) is 6.97. The van der Waals surface area contributed by atoms with Crippen molar-refractivity contribution in [3.05, 3.63) is 45.5 Å². The fraction of sp³-hybridized carbons (Fsp3) is 0.542. The Morgan fingerprint density at radius 3 is 2.50 bits per heavy atom. The third kappa shape index (κ3) is 4.63. The van der Waals surface area contributed by atoms with Gasteiger partial charge in [0.25, 0.3) is 0 Å². The molecule has 0 saturated heterocycles. The highest BCUT2D eigenvalue weighted by molar-refractivity contribution is 6.33. The zero-order valence-electron chi connectivity index (χ0n) is 17.9. The molecule has 4 atom stereocenters. The first kappa shape index (κ1) is 22.5. The van der Waals surface area contributed by atoms with E-state index in [-0.39, 0.29) is 11.3 Å². The second-order valence-corrected chi connectivity index (χ2v) is 8.69. The molecule has 1 fully saturated rings. The topological polar surface area (TPSA) is 46.5 Å². The summed E-state index contributed by atoms with van der Waals surface area (Å²) in [6.07, 6.45) is 10.2. The fourth-order valence-electron chi connectivity index (χ4n) is 4.25. The lowest BCUT2D eigenvalue weighted by molar-refractivity contribution is 0.112. The lowest BCUT2D eigenvalue weighted by Crippen LogP contribution is -2.29. The normalized spacial score (nSPS) is 25.9. The van der Waals surface area contributed by atoms with Gasteiger partial charge >= 0.3 is 0 Å². The van der Waals surface area contributed by atoms with Crippen LogP contribution in [0.1, 0.15) is 62.0 Å². The molecule has 1 aromatic carbocycles. The Labute approximate surface area is 174 Å². The molecule has 0 radical (unpaired) electrons. The average molecular weight is 405 g/mol. The van der Waals surface area contributed by atoms with Gasteiger partial charge in [-0.15, -0.1) is 0 Å². The van der Waals surface area contributed by atoms with Gasteiger partial charge in [-0.1, -0.05) is 62.6 Å². The molecule has 2 rings (SSSR count). The molecule has 154 valence electrons. The largest absolute Gasteiger partial charge is 0.507 e. The standard InChI is InChI=1S/C24H33ClO3/c1-14(7-11-19-16(3)10-9-15(2)17(19)4)8-12-20-23(27)21(13-26)18(5)22(25)24(20)28-6/h7-8,11,13,15-17,19,27H,9-10,12H2,1-6H3/b11-7+,14-8+/t15?,16-,17+,19?/m1/s1. The van der Waals surface area contributed by atoms with Crippen LogP contribution in [0.15, 0.2) is 23.8 Å². The van der Waals surface area contributed by atoms with Gasteiger partial charge in [0.1, 0.15) is 11.5 Å². The molecule has 0 amide bonds. The minimum absolute atomic E-state index is 0.0508. The van der Waals surface area contributed by atoms with Crippen molar-refractivity contribution in [3.63, 3.8) is 0 Å². The van der Waals surface area contributed by atoms with E-state index in [0.717, 1.165) is 11.5 Å². The average Bonchev–Trinajstić information content (AvgIpc) is 2.67. The highest BCUT2D eigenvalue weighted by atomic mass is 35.5. The van der Waals surface area contributed by atoms with Gasteiger partial charge in [-0.3, -0.25) is 4.79 Å². The number of hydrogen-bond acceptors (Lipinski definition) is 3. The summed E-state index contributed by atoms with van der Waals surface area (Å²) in [6, 6.07) is 0. The summed E-state index contributed by atoms with van der Waals surface area (Å²) in [5.41, 5.74) is 2.41. The van der Waals surface area contributed by atoms with Crippen molar-refractivity contribution in [2.45, 2.75) is 53.9 Å². The van der Waals surface area contributed by atoms with Crippen LogP contribution in [0.4, 0.5) is 0 Å². The summed E-state index contributed by atoms with van der Waals surface area (Å²) < 4.78 is 5.41. The smallest absolute Gasteiger partial charge is 0.154 e. The Kier molecular flexibility index (Phi) is 7.77. The molecule has 28 heavy (non-hydrogen) atoms. The lowest BCUT2D eigenvalue weighted by atomic mass is 9.68. The van der Waals surface area contributed by atoms with Crippen LogP contribution in [0.25, 0.3) is 0 Å². The van der Waals surface area contributed by atoms with Crippen LogP contribution in [-0.4, -0.2) is 18.5 Å². The molecular formula is C24H33ClO3. The van der Waals surface area contributed by atoms with Crippen molar-refractivity contribution >= 4 is 17.9 Å². The molecule has 1 aliphatic carbocycles. The maximum absolute atomic E-state index is 11.4. The number of aldehydes is 1. The van der Waals surface area contributed by atoms with Gasteiger partial charge < -0.3 is 9.84 Å². The van der Waals surface area contributed by atoms with E-state index in [2.05, 4.69) is 39.8 Å². The zero-order valence-corrected chi connectivity index (χ0v) is 18.6. The maximum atomic E-state index is 11.4. The number of phenolic OH excluding ortho intramolecular Hbond substituents is 1. The summed E-state index contributed by atoms with van der Waals surface area (Å²) in [6.45, 7) is 10.8. The number of hydrogen-bond donors (Lipinski definition) is 1. The first-order valence-electron chi connectivity index (χ1n) is 10.1. The van der Waals surface area contributed by atoms with Crippen molar-refractivity contribution in [3.8, 4) is 11.5 Å². The SMILES string of the molecule is COc1c(Cl)c(C)c(C=O)c(O)c1C/C=C(C)/C=C/C1[C@@H](C)C(C)CC[C@H]1C. The number of methoxy groups -OCH3 is 1. The highest BCUT2D eigenvalue weighted by Crippen LogP contribution is 2.41. The Hall–Kier alpha value is -1.74. The maximum Gasteiger partial charge on any atom is 0.154 e. The van der Waals surface area contributed by atoms with Gasteiger partial charge in [0.2, 0.25) is 0 Å². The fourth-order valence-corrected chi connectivity index (χ4v) is 4.55. The number of carbonyl (C=O) groups excluding carboxylic acids is 1. The zero-order chi connectivity index (χ0) is 21.0. The van der Waals surface area contributed by atoms with E-state index in [1.807, 2.05) is 6.08 Å². The van der Waals surface area contributed by atoms with E-state index < -0.39 is 0 Å². The van der Waals surface area contributed by atoms with Crippen molar-refractivity contribution in [1.82, 2.24) is 0 Å². The Bertz CT molecular complexity index is 779. The van der Waals surface area contributed by atoms with Crippen LogP contribution >= 0.6 is 11.6 Å². The van der Waals surface area contributed by atoms with Crippen LogP contribution in [0.2, 0.25) is 5.02 Å². The van der Waals surface area contributed by atoms with Gasteiger partial charge in [0, 0.05) is 5.56 Å². The Balaban J connectivity index is 2.25. The summed E-state index contributed by atoms with van der Waals surface area (Å²) in [4.78, 5) is 11.4. The first-order chi connectivity index (χ1) is 13.2. The van der Waals surface area contributed by atoms with Crippen LogP contribution in [0.3, 0.4) is 0 Å². The minimum Gasteiger partial charge on any atom is -0.507 e. The number of halogens is 1. The molecule has 0 aromatic heterocycles. The molecule has 4 heteroatoms. The molecule has 0 spiro atoms. The number of rotatable bonds is 6. The predicted molar refractivity (Wildman–Crippen MR) is 117 cm³/mol. The van der Waals surface area contributed by atoms with Crippen molar-refractivity contribution in [1.29, 1.82) is 0 Å². The predicted octanol–water partition coefficient (Wildman–Crippen LogP) is 6.54. The van der Waals surface area contributed by atoms with E-state index in [9.17, 15) is 9.90 Å². The van der Waals surface area contributed by atoms with Crippen molar-refractivity contribution < 1.29 is 14.6 Å². The Morgan fingerprint density at radius 1 is 1.25 bits per heavy atom. The number of benzene rings is 1. The van der Waals surface area contributed by atoms with Crippen LogP contribution in [0, 0.1) is 30.6 Å². The van der Waals surface area contributed by atoms with Crippen LogP contribution in [-0.2, 0) is 6.42 Å². The van der Waals surface area contributed by atoms with E-state index in [4.69, 9.17) is 16.3 Å². The summed E-state index contributed by atoms with van der Waals surface area (Å²) >= 11 is 6.35. The van der Waals surface area contributed by atoms with Crippen molar-refractivity contribution in [2.24, 2.45) is 23.7 Å². The molecule has 0 heterocycles. The first-order valence-corrected chi connectivity index (χ1v) is 10.5. The van der Waals surface area contributed by atoms with E-state index >= 15 is 0 Å². The molecular weight excluding hydrogens is 372 g/mol. The number of aromatic hydroxyl groups is 1. The molecule has 2 unspecified atom stereocenters. The molecule has 1 saturated carbocycles. The van der Waals surface area contributed by atoms with E-state index in [1.54, 1.807) is 6.92 Å². The van der Waals surface area contributed by atoms with Crippen molar-refractivity contribution in [2.75, 3.05) is 7.11 Å². The molecule has 3 nitrogen and oxygen atoms in total. The molecule has 1 N–H and O–H groups in total. The molecule has 0 bridgehead atoms. The lowest BCUT2D eigenvalue weighted by Gasteiger charge is -2.37. The second kappa shape index (κ2) is 9.65. The van der Waals surface area contributed by atoms with Gasteiger partial charge in [0.15, 0.2) is 6.29 Å². The van der Waals surface area contributed by atoms with E-state index in [1.165, 1.54) is 20.0 Å². The summed E-state index contributed by atoms with van der Waals surface area (Å²) in [5, 5.41) is 10.9. The second-order valence-electron chi connectivity index (χ2n) is 8.31. The summed E-state index contributed by atoms with van der Waals surface area (Å²) in [5.74, 6) is 3.11. The minimum atomic E-state index is -0.0508. The van der Waals surface area contributed by atoms with Crippen LogP contribution < -0.4 is 4.74 Å². The van der Waals surface area contributed by atoms with Crippen LogP contribution in [0.5, 0.6) is 11.5 Å². The van der Waals surface area contributed by atoms with E-state index in [0.29, 0.717) is 52.4 Å². The third-order valence-electron chi connectivity index (χ3n) is 6.52. The number of allylic oxidation sites excluding steroid dienone is 4. The Morgan fingerprint density at radius 2 is 1.89 bits per heavy atom. The molecule has 1 aromatic rings. The molecule has 1 aliphatic rings. The van der Waals surface area contributed by atoms with Gasteiger partial charge in [0.05, 0.1) is 17.7 Å². The molecule has 0 aliphatic heterocycles. The van der Waals surface area contributed by atoms with Gasteiger partial charge in [-0.05, 0) is 55.9 Å². The highest BCUT2D eigenvalue weighted by Gasteiger charge is 2.30. The number of ether oxygens (including phenoxy) is 1. The van der Waals surface area contributed by atoms with Gasteiger partial charge in [-0.2, -0.15) is 0 Å². The quantitative estimate of drug-likeness (QED) is 0.432. The van der Waals surface area contributed by atoms with Gasteiger partial charge in [-0.25, -0.2) is 0 Å². The number of carbonyl (C=O) groups is 1.